The molecular formula is C23H32N4O2S. The maximum atomic E-state index is 11.5. The number of aliphatic hydroxyl groups excluding tert-OH is 1. The molecule has 0 aliphatic rings. The molecule has 1 N–H and O–H groups in total. The number of hydrogen-bond acceptors (Lipinski definition) is 6. The van der Waals surface area contributed by atoms with E-state index in [1.165, 1.54) is 11.3 Å². The van der Waals surface area contributed by atoms with Crippen LogP contribution in [0.3, 0.4) is 0 Å². The Balaban J connectivity index is 0.00000218. The molecule has 2 aromatic heterocycles. The van der Waals surface area contributed by atoms with Gasteiger partial charge >= 0.3 is 0 Å². The summed E-state index contributed by atoms with van der Waals surface area (Å²) in [5.41, 5.74) is 2.75. The minimum absolute atomic E-state index is 0.00553. The van der Waals surface area contributed by atoms with Gasteiger partial charge in [-0.05, 0) is 24.6 Å². The third kappa shape index (κ3) is 6.93. The van der Waals surface area contributed by atoms with Crippen LogP contribution < -0.4 is 4.90 Å². The molecule has 7 heteroatoms. The van der Waals surface area contributed by atoms with Gasteiger partial charge < -0.3 is 14.9 Å². The number of carbonyl (C=O) groups is 1. The number of rotatable bonds is 9. The second kappa shape index (κ2) is 13.5. The maximum Gasteiger partial charge on any atom is 0.160 e. The lowest BCUT2D eigenvalue weighted by Gasteiger charge is -2.14. The van der Waals surface area contributed by atoms with Gasteiger partial charge in [0.15, 0.2) is 6.29 Å². The Hall–Kier alpha value is -2.77. The van der Waals surface area contributed by atoms with Crippen molar-refractivity contribution in [3.05, 3.63) is 58.8 Å². The number of carbonyl (C=O) groups excluding carboxylic acids is 1. The molecule has 0 amide bonds. The average molecular weight is 429 g/mol. The Kier molecular flexibility index (Phi) is 11.3. The lowest BCUT2D eigenvalue weighted by molar-refractivity contribution is 0.112. The summed E-state index contributed by atoms with van der Waals surface area (Å²) < 4.78 is 0. The number of hydrogen-bond donors (Lipinski definition) is 1. The second-order valence-electron chi connectivity index (χ2n) is 6.33. The molecule has 0 atom stereocenters. The number of aromatic nitrogens is 1. The number of fused-ring (bicyclic) bond motifs is 1. The fourth-order valence-electron chi connectivity index (χ4n) is 2.68. The van der Waals surface area contributed by atoms with Crippen LogP contribution in [0, 0.1) is 0 Å². The molecule has 2 heterocycles. The van der Waals surface area contributed by atoms with Crippen LogP contribution in [0.25, 0.3) is 10.2 Å². The summed E-state index contributed by atoms with van der Waals surface area (Å²) in [6.45, 7) is 6.30. The summed E-state index contributed by atoms with van der Waals surface area (Å²) in [6.07, 6.45) is 13.6. The monoisotopic (exact) mass is 428 g/mol. The van der Waals surface area contributed by atoms with Crippen LogP contribution in [0.4, 0.5) is 5.69 Å². The maximum absolute atomic E-state index is 11.5. The van der Waals surface area contributed by atoms with Gasteiger partial charge in [0.2, 0.25) is 0 Å². The Morgan fingerprint density at radius 3 is 2.63 bits per heavy atom. The lowest BCUT2D eigenvalue weighted by atomic mass is 10.1. The van der Waals surface area contributed by atoms with Gasteiger partial charge in [0.1, 0.15) is 4.83 Å². The number of allylic oxidation sites excluding steroid dienone is 3. The van der Waals surface area contributed by atoms with Crippen molar-refractivity contribution in [2.45, 2.75) is 27.3 Å². The van der Waals surface area contributed by atoms with Crippen molar-refractivity contribution in [3.8, 4) is 0 Å². The Morgan fingerprint density at radius 2 is 2.03 bits per heavy atom. The van der Waals surface area contributed by atoms with Crippen molar-refractivity contribution in [2.75, 3.05) is 32.6 Å². The smallest absolute Gasteiger partial charge is 0.160 e. The standard InChI is InChI=1S/C21H26N4O2S.C2H6/c1-5-7-16(13-26)8-6-11-25(4)15-22-12-17-19(14-27)28-21-20(17)18(24(2)3)9-10-23-21;1-2/h5-11,14-15,26H,12-13H2,1-4H3;1-2H3/b7-5-,11-6+,16-8+,22-15?;. The van der Waals surface area contributed by atoms with E-state index in [-0.39, 0.29) is 6.61 Å². The van der Waals surface area contributed by atoms with E-state index in [0.717, 1.165) is 33.3 Å². The first-order valence-electron chi connectivity index (χ1n) is 9.87. The minimum atomic E-state index is -0.00553. The molecule has 0 radical (unpaired) electrons. The molecule has 162 valence electrons. The fraction of sp³-hybridized carbons (Fsp3) is 0.348. The number of pyridine rings is 1. The van der Waals surface area contributed by atoms with E-state index in [1.54, 1.807) is 12.5 Å². The van der Waals surface area contributed by atoms with E-state index in [2.05, 4.69) is 9.98 Å². The van der Waals surface area contributed by atoms with Crippen LogP contribution >= 0.6 is 11.3 Å². The van der Waals surface area contributed by atoms with Crippen molar-refractivity contribution >= 4 is 39.9 Å². The Morgan fingerprint density at radius 1 is 1.30 bits per heavy atom. The van der Waals surface area contributed by atoms with Gasteiger partial charge in [-0.25, -0.2) is 4.98 Å². The van der Waals surface area contributed by atoms with Crippen molar-refractivity contribution < 1.29 is 9.90 Å². The first-order chi connectivity index (χ1) is 14.5. The second-order valence-corrected chi connectivity index (χ2v) is 7.36. The first-order valence-corrected chi connectivity index (χ1v) is 10.7. The molecule has 0 unspecified atom stereocenters. The number of thiophene rings is 1. The zero-order valence-electron chi connectivity index (χ0n) is 18.7. The number of nitrogens with zero attached hydrogens (tertiary/aromatic N) is 4. The van der Waals surface area contributed by atoms with Crippen LogP contribution in [-0.2, 0) is 6.54 Å². The molecule has 6 nitrogen and oxygen atoms in total. The third-order valence-electron chi connectivity index (χ3n) is 4.00. The van der Waals surface area contributed by atoms with Gasteiger partial charge in [-0.2, -0.15) is 0 Å². The highest BCUT2D eigenvalue weighted by molar-refractivity contribution is 7.20. The zero-order chi connectivity index (χ0) is 22.5. The van der Waals surface area contributed by atoms with E-state index in [9.17, 15) is 9.90 Å². The molecule has 0 spiro atoms. The van der Waals surface area contributed by atoms with Crippen molar-refractivity contribution in [1.82, 2.24) is 9.88 Å². The number of aliphatic hydroxyl groups is 1. The van der Waals surface area contributed by atoms with Crippen LogP contribution in [-0.4, -0.2) is 55.4 Å². The predicted octanol–water partition coefficient (Wildman–Crippen LogP) is 4.67. The molecule has 0 aliphatic heterocycles. The Bertz CT molecular complexity index is 927. The van der Waals surface area contributed by atoms with Crippen LogP contribution in [0.15, 0.2) is 53.3 Å². The lowest BCUT2D eigenvalue weighted by Crippen LogP contribution is -2.10. The largest absolute Gasteiger partial charge is 0.392 e. The highest BCUT2D eigenvalue weighted by Crippen LogP contribution is 2.35. The summed E-state index contributed by atoms with van der Waals surface area (Å²) >= 11 is 1.39. The van der Waals surface area contributed by atoms with Gasteiger partial charge in [0.05, 0.1) is 24.4 Å². The summed E-state index contributed by atoms with van der Waals surface area (Å²) in [5, 5.41) is 10.2. The molecule has 2 rings (SSSR count). The minimum Gasteiger partial charge on any atom is -0.392 e. The quantitative estimate of drug-likeness (QED) is 0.272. The van der Waals surface area contributed by atoms with E-state index in [0.29, 0.717) is 11.4 Å². The fourth-order valence-corrected chi connectivity index (χ4v) is 3.67. The van der Waals surface area contributed by atoms with Crippen molar-refractivity contribution in [2.24, 2.45) is 4.99 Å². The average Bonchev–Trinajstić information content (AvgIpc) is 3.12. The normalized spacial score (nSPS) is 12.0. The molecule has 0 saturated carbocycles. The van der Waals surface area contributed by atoms with E-state index < -0.39 is 0 Å². The summed E-state index contributed by atoms with van der Waals surface area (Å²) in [7, 11) is 5.82. The summed E-state index contributed by atoms with van der Waals surface area (Å²) in [5.74, 6) is 0. The topological polar surface area (TPSA) is 69.0 Å². The highest BCUT2D eigenvalue weighted by Gasteiger charge is 2.16. The molecule has 0 saturated heterocycles. The molecule has 2 aromatic rings. The summed E-state index contributed by atoms with van der Waals surface area (Å²) in [6, 6.07) is 1.95. The van der Waals surface area contributed by atoms with Gasteiger partial charge in [-0.15, -0.1) is 11.3 Å². The molecule has 0 bridgehead atoms. The molecule has 0 aromatic carbocycles. The predicted molar refractivity (Wildman–Crippen MR) is 130 cm³/mol. The van der Waals surface area contributed by atoms with Gasteiger partial charge in [0, 0.05) is 50.2 Å². The van der Waals surface area contributed by atoms with Gasteiger partial charge in [-0.1, -0.05) is 32.1 Å². The van der Waals surface area contributed by atoms with Gasteiger partial charge in [0.25, 0.3) is 0 Å². The number of aldehydes is 1. The van der Waals surface area contributed by atoms with Crippen molar-refractivity contribution in [3.63, 3.8) is 0 Å². The van der Waals surface area contributed by atoms with E-state index >= 15 is 0 Å². The number of aliphatic imine (C=N–C) groups is 1. The van der Waals surface area contributed by atoms with Crippen molar-refractivity contribution in [1.29, 1.82) is 0 Å². The SMILES string of the molecule is CC.C\C=C/C(=C\C=C\N(C)C=NCc1c(C=O)sc2nccc(N(C)C)c12)CO. The first kappa shape index (κ1) is 25.3. The van der Waals surface area contributed by atoms with E-state index in [4.69, 9.17) is 0 Å². The van der Waals surface area contributed by atoms with Crippen LogP contribution in [0.1, 0.15) is 36.0 Å². The Labute approximate surface area is 183 Å². The molecule has 30 heavy (non-hydrogen) atoms. The summed E-state index contributed by atoms with van der Waals surface area (Å²) in [4.78, 5) is 25.8. The highest BCUT2D eigenvalue weighted by atomic mass is 32.1. The van der Waals surface area contributed by atoms with E-state index in [1.807, 2.05) is 88.3 Å². The number of anilines is 1. The van der Waals surface area contributed by atoms with Crippen LogP contribution in [0.5, 0.6) is 0 Å². The molecular weight excluding hydrogens is 396 g/mol. The molecule has 0 fully saturated rings. The zero-order valence-corrected chi connectivity index (χ0v) is 19.5. The molecule has 0 aliphatic carbocycles. The van der Waals surface area contributed by atoms with Crippen LogP contribution in [0.2, 0.25) is 0 Å². The van der Waals surface area contributed by atoms with Gasteiger partial charge in [-0.3, -0.25) is 9.79 Å². The third-order valence-corrected chi connectivity index (χ3v) is 5.06.